The van der Waals surface area contributed by atoms with Crippen molar-refractivity contribution in [2.24, 2.45) is 4.99 Å². The molecule has 1 heterocycles. The molecule has 138 valence electrons. The molecule has 0 atom stereocenters. The van der Waals surface area contributed by atoms with Crippen LogP contribution >= 0.6 is 0 Å². The molecular formula is C20H25FN4O. The van der Waals surface area contributed by atoms with Gasteiger partial charge >= 0.3 is 0 Å². The summed E-state index contributed by atoms with van der Waals surface area (Å²) in [6, 6.07) is 10.3. The maximum Gasteiger partial charge on any atom is 0.224 e. The molecule has 5 nitrogen and oxygen atoms in total. The van der Waals surface area contributed by atoms with Crippen molar-refractivity contribution in [2.45, 2.75) is 45.2 Å². The van der Waals surface area contributed by atoms with Crippen molar-refractivity contribution >= 4 is 5.96 Å². The second kappa shape index (κ2) is 9.17. The molecule has 2 N–H and O–H groups in total. The summed E-state index contributed by atoms with van der Waals surface area (Å²) < 4.78 is 19.1. The minimum atomic E-state index is -0.340. The van der Waals surface area contributed by atoms with E-state index < -0.39 is 0 Å². The van der Waals surface area contributed by atoms with Gasteiger partial charge in [0.25, 0.3) is 0 Å². The average molecular weight is 356 g/mol. The fourth-order valence-electron chi connectivity index (χ4n) is 3.03. The van der Waals surface area contributed by atoms with Crippen LogP contribution in [0.25, 0.3) is 0 Å². The van der Waals surface area contributed by atoms with Crippen LogP contribution in [-0.2, 0) is 6.54 Å². The Labute approximate surface area is 153 Å². The number of nitrogens with zero attached hydrogens (tertiary/aromatic N) is 2. The molecule has 26 heavy (non-hydrogen) atoms. The van der Waals surface area contributed by atoms with E-state index in [2.05, 4.69) is 27.5 Å². The highest BCUT2D eigenvalue weighted by Gasteiger charge is 2.16. The van der Waals surface area contributed by atoms with Gasteiger partial charge in [-0.15, -0.1) is 0 Å². The molecule has 0 saturated heterocycles. The van der Waals surface area contributed by atoms with Crippen LogP contribution in [0.4, 0.5) is 4.39 Å². The van der Waals surface area contributed by atoms with Crippen LogP contribution in [0.3, 0.4) is 0 Å². The fraction of sp³-hybridized carbons (Fsp3) is 0.400. The van der Waals surface area contributed by atoms with Crippen molar-refractivity contribution in [2.75, 3.05) is 6.54 Å². The van der Waals surface area contributed by atoms with E-state index in [1.165, 1.54) is 37.8 Å². The van der Waals surface area contributed by atoms with Gasteiger partial charge in [0.2, 0.25) is 5.88 Å². The van der Waals surface area contributed by atoms with Gasteiger partial charge in [-0.2, -0.15) is 0 Å². The number of pyridine rings is 1. The maximum absolute atomic E-state index is 13.4. The predicted molar refractivity (Wildman–Crippen MR) is 101 cm³/mol. The van der Waals surface area contributed by atoms with E-state index in [1.807, 2.05) is 12.1 Å². The standard InChI is InChI=1S/C20H25FN4O/c1-2-22-20(25-17-9-3-4-10-17)24-14-15-7-6-12-23-19(15)26-18-11-5-8-16(21)13-18/h5-8,11-13,17H,2-4,9-10,14H2,1H3,(H2,22,24,25). The van der Waals surface area contributed by atoms with Crippen LogP contribution in [0.5, 0.6) is 11.6 Å². The zero-order valence-corrected chi connectivity index (χ0v) is 15.0. The van der Waals surface area contributed by atoms with Gasteiger partial charge in [-0.05, 0) is 38.0 Å². The van der Waals surface area contributed by atoms with Crippen molar-refractivity contribution in [1.29, 1.82) is 0 Å². The number of rotatable bonds is 6. The molecule has 0 amide bonds. The second-order valence-electron chi connectivity index (χ2n) is 6.35. The third kappa shape index (κ3) is 5.18. The first kappa shape index (κ1) is 18.2. The zero-order valence-electron chi connectivity index (χ0n) is 15.0. The molecule has 0 spiro atoms. The molecule has 1 saturated carbocycles. The maximum atomic E-state index is 13.4. The molecule has 0 aliphatic heterocycles. The Balaban J connectivity index is 1.71. The summed E-state index contributed by atoms with van der Waals surface area (Å²) in [6.45, 7) is 3.28. The monoisotopic (exact) mass is 356 g/mol. The number of benzene rings is 1. The van der Waals surface area contributed by atoms with Gasteiger partial charge in [0.15, 0.2) is 5.96 Å². The SMILES string of the molecule is CCNC(=NCc1cccnc1Oc1cccc(F)c1)NC1CCCC1. The highest BCUT2D eigenvalue weighted by molar-refractivity contribution is 5.80. The molecular weight excluding hydrogens is 331 g/mol. The number of nitrogens with one attached hydrogen (secondary N) is 2. The van der Waals surface area contributed by atoms with Crippen LogP contribution in [0.2, 0.25) is 0 Å². The molecule has 1 aliphatic carbocycles. The highest BCUT2D eigenvalue weighted by Crippen LogP contribution is 2.24. The van der Waals surface area contributed by atoms with Crippen LogP contribution < -0.4 is 15.4 Å². The number of halogens is 1. The van der Waals surface area contributed by atoms with Crippen molar-refractivity contribution in [1.82, 2.24) is 15.6 Å². The first-order chi connectivity index (χ1) is 12.7. The van der Waals surface area contributed by atoms with Gasteiger partial charge < -0.3 is 15.4 Å². The molecule has 0 bridgehead atoms. The van der Waals surface area contributed by atoms with Gasteiger partial charge in [0.05, 0.1) is 6.54 Å². The van der Waals surface area contributed by atoms with E-state index >= 15 is 0 Å². The van der Waals surface area contributed by atoms with Crippen molar-refractivity contribution < 1.29 is 9.13 Å². The van der Waals surface area contributed by atoms with Crippen molar-refractivity contribution in [3.8, 4) is 11.6 Å². The topological polar surface area (TPSA) is 58.5 Å². The molecule has 0 radical (unpaired) electrons. The predicted octanol–water partition coefficient (Wildman–Crippen LogP) is 4.01. The van der Waals surface area contributed by atoms with E-state index in [0.717, 1.165) is 18.1 Å². The summed E-state index contributed by atoms with van der Waals surface area (Å²) in [6.07, 6.45) is 6.57. The lowest BCUT2D eigenvalue weighted by Gasteiger charge is -2.17. The molecule has 1 aromatic heterocycles. The van der Waals surface area contributed by atoms with Crippen molar-refractivity contribution in [3.05, 3.63) is 54.0 Å². The third-order valence-corrected chi connectivity index (χ3v) is 4.31. The number of ether oxygens (including phenoxy) is 1. The number of aromatic nitrogens is 1. The smallest absolute Gasteiger partial charge is 0.224 e. The summed E-state index contributed by atoms with van der Waals surface area (Å²) in [5.74, 6) is 1.33. The lowest BCUT2D eigenvalue weighted by Crippen LogP contribution is -2.42. The van der Waals surface area contributed by atoms with Gasteiger partial charge in [0, 0.05) is 30.4 Å². The Hall–Kier alpha value is -2.63. The number of aliphatic imine (C=N–C) groups is 1. The first-order valence-electron chi connectivity index (χ1n) is 9.16. The molecule has 1 aromatic carbocycles. The van der Waals surface area contributed by atoms with Crippen LogP contribution in [0.15, 0.2) is 47.6 Å². The molecule has 1 fully saturated rings. The van der Waals surface area contributed by atoms with Crippen molar-refractivity contribution in [3.63, 3.8) is 0 Å². The first-order valence-corrected chi connectivity index (χ1v) is 9.16. The Morgan fingerprint density at radius 3 is 2.88 bits per heavy atom. The average Bonchev–Trinajstić information content (AvgIpc) is 3.14. The number of hydrogen-bond acceptors (Lipinski definition) is 3. The Kier molecular flexibility index (Phi) is 6.41. The Morgan fingerprint density at radius 2 is 2.12 bits per heavy atom. The van der Waals surface area contributed by atoms with E-state index in [0.29, 0.717) is 24.2 Å². The molecule has 6 heteroatoms. The summed E-state index contributed by atoms with van der Waals surface area (Å²) in [5.41, 5.74) is 0.848. The quantitative estimate of drug-likeness (QED) is 0.606. The minimum Gasteiger partial charge on any atom is -0.439 e. The number of guanidine groups is 1. The summed E-state index contributed by atoms with van der Waals surface area (Å²) >= 11 is 0. The molecule has 2 aromatic rings. The minimum absolute atomic E-state index is 0.340. The normalized spacial score (nSPS) is 15.1. The lowest BCUT2D eigenvalue weighted by molar-refractivity contribution is 0.452. The lowest BCUT2D eigenvalue weighted by atomic mass is 10.2. The Morgan fingerprint density at radius 1 is 1.27 bits per heavy atom. The third-order valence-electron chi connectivity index (χ3n) is 4.31. The van der Waals surface area contributed by atoms with Crippen LogP contribution in [-0.4, -0.2) is 23.5 Å². The molecule has 1 aliphatic rings. The summed E-state index contributed by atoms with van der Waals surface area (Å²) in [7, 11) is 0. The van der Waals surface area contributed by atoms with E-state index in [4.69, 9.17) is 4.74 Å². The van der Waals surface area contributed by atoms with E-state index in [-0.39, 0.29) is 5.82 Å². The highest BCUT2D eigenvalue weighted by atomic mass is 19.1. The number of hydrogen-bond donors (Lipinski definition) is 2. The summed E-state index contributed by atoms with van der Waals surface area (Å²) in [4.78, 5) is 8.94. The fourth-order valence-corrected chi connectivity index (χ4v) is 3.03. The second-order valence-corrected chi connectivity index (χ2v) is 6.35. The van der Waals surface area contributed by atoms with E-state index in [1.54, 1.807) is 18.3 Å². The van der Waals surface area contributed by atoms with Crippen LogP contribution in [0.1, 0.15) is 38.2 Å². The summed E-state index contributed by atoms with van der Waals surface area (Å²) in [5, 5.41) is 6.78. The zero-order chi connectivity index (χ0) is 18.2. The van der Waals surface area contributed by atoms with Gasteiger partial charge in [-0.1, -0.05) is 25.0 Å². The molecule has 0 unspecified atom stereocenters. The van der Waals surface area contributed by atoms with Gasteiger partial charge in [0.1, 0.15) is 11.6 Å². The van der Waals surface area contributed by atoms with Gasteiger partial charge in [-0.25, -0.2) is 14.4 Å². The van der Waals surface area contributed by atoms with E-state index in [9.17, 15) is 4.39 Å². The Bertz CT molecular complexity index is 744. The largest absolute Gasteiger partial charge is 0.439 e. The molecule has 3 rings (SSSR count). The van der Waals surface area contributed by atoms with Gasteiger partial charge in [-0.3, -0.25) is 0 Å². The van der Waals surface area contributed by atoms with Crippen LogP contribution in [0, 0.1) is 5.82 Å².